The van der Waals surface area contributed by atoms with Crippen molar-refractivity contribution in [3.05, 3.63) is 24.3 Å². The van der Waals surface area contributed by atoms with Crippen LogP contribution in [-0.4, -0.2) is 40.1 Å². The highest BCUT2D eigenvalue weighted by atomic mass is 16.4. The maximum atomic E-state index is 11.5. The summed E-state index contributed by atoms with van der Waals surface area (Å²) in [5, 5.41) is 9.94. The summed E-state index contributed by atoms with van der Waals surface area (Å²) in [7, 11) is 0. The number of hydrogen-bond acceptors (Lipinski definition) is 7. The van der Waals surface area contributed by atoms with Crippen LogP contribution in [-0.2, 0) is 11.3 Å². The van der Waals surface area contributed by atoms with Crippen LogP contribution in [0.3, 0.4) is 0 Å². The standard InChI is InChI=1S/C14H19N5O4/c1-2-6-19(7-5-11(20)16-14(15)21)9-12-17-18-13(23-12)10-4-3-8-22-10/h3-4,8H,2,5-7,9H2,1H3,(H3,15,16,20,21). The first-order chi connectivity index (χ1) is 11.1. The van der Waals surface area contributed by atoms with Gasteiger partial charge in [-0.2, -0.15) is 0 Å². The van der Waals surface area contributed by atoms with Crippen molar-refractivity contribution >= 4 is 11.9 Å². The zero-order valence-corrected chi connectivity index (χ0v) is 12.8. The minimum Gasteiger partial charge on any atom is -0.459 e. The molecule has 9 heteroatoms. The predicted octanol–water partition coefficient (Wildman–Crippen LogP) is 1.13. The number of rotatable bonds is 8. The van der Waals surface area contributed by atoms with Gasteiger partial charge in [0.1, 0.15) is 0 Å². The monoisotopic (exact) mass is 321 g/mol. The van der Waals surface area contributed by atoms with Gasteiger partial charge in [0.2, 0.25) is 11.8 Å². The molecular weight excluding hydrogens is 302 g/mol. The Morgan fingerprint density at radius 2 is 2.17 bits per heavy atom. The lowest BCUT2D eigenvalue weighted by molar-refractivity contribution is -0.120. The number of carbonyl (C=O) groups is 2. The van der Waals surface area contributed by atoms with Crippen molar-refractivity contribution in [1.29, 1.82) is 0 Å². The number of imide groups is 1. The smallest absolute Gasteiger partial charge is 0.318 e. The SMILES string of the molecule is CCCN(CCC(=O)NC(N)=O)Cc1nnc(-c2ccco2)o1. The first-order valence-corrected chi connectivity index (χ1v) is 7.26. The van der Waals surface area contributed by atoms with Gasteiger partial charge < -0.3 is 14.6 Å². The summed E-state index contributed by atoms with van der Waals surface area (Å²) in [6, 6.07) is 2.62. The van der Waals surface area contributed by atoms with Gasteiger partial charge in [-0.05, 0) is 25.1 Å². The second-order valence-corrected chi connectivity index (χ2v) is 4.92. The number of primary amides is 1. The van der Waals surface area contributed by atoms with E-state index in [1.807, 2.05) is 17.1 Å². The van der Waals surface area contributed by atoms with Gasteiger partial charge in [0.25, 0.3) is 5.89 Å². The fourth-order valence-electron chi connectivity index (χ4n) is 2.05. The number of amides is 3. The molecule has 0 fully saturated rings. The molecule has 0 aliphatic rings. The van der Waals surface area contributed by atoms with E-state index >= 15 is 0 Å². The third kappa shape index (κ3) is 5.22. The van der Waals surface area contributed by atoms with Gasteiger partial charge in [-0.25, -0.2) is 4.79 Å². The van der Waals surface area contributed by atoms with Crippen molar-refractivity contribution in [1.82, 2.24) is 20.4 Å². The molecule has 0 spiro atoms. The molecule has 0 aromatic carbocycles. The van der Waals surface area contributed by atoms with Gasteiger partial charge in [0, 0.05) is 13.0 Å². The predicted molar refractivity (Wildman–Crippen MR) is 79.9 cm³/mol. The highest BCUT2D eigenvalue weighted by Crippen LogP contribution is 2.18. The lowest BCUT2D eigenvalue weighted by Gasteiger charge is -2.18. The Kier molecular flexibility index (Phi) is 5.87. The Bertz CT molecular complexity index is 637. The maximum absolute atomic E-state index is 11.5. The largest absolute Gasteiger partial charge is 0.459 e. The zero-order valence-electron chi connectivity index (χ0n) is 12.8. The number of aromatic nitrogens is 2. The van der Waals surface area contributed by atoms with E-state index in [1.165, 1.54) is 6.26 Å². The second kappa shape index (κ2) is 8.08. The summed E-state index contributed by atoms with van der Waals surface area (Å²) < 4.78 is 10.7. The van der Waals surface area contributed by atoms with Gasteiger partial charge >= 0.3 is 6.03 Å². The lowest BCUT2D eigenvalue weighted by atomic mass is 10.3. The van der Waals surface area contributed by atoms with Crippen molar-refractivity contribution in [2.75, 3.05) is 13.1 Å². The molecule has 2 heterocycles. The quantitative estimate of drug-likeness (QED) is 0.745. The molecule has 3 N–H and O–H groups in total. The number of nitrogens with one attached hydrogen (secondary N) is 1. The molecule has 0 unspecified atom stereocenters. The Morgan fingerprint density at radius 3 is 2.83 bits per heavy atom. The van der Waals surface area contributed by atoms with Crippen LogP contribution >= 0.6 is 0 Å². The van der Waals surface area contributed by atoms with Crippen molar-refractivity contribution < 1.29 is 18.4 Å². The molecule has 3 amide bonds. The van der Waals surface area contributed by atoms with Crippen LogP contribution in [0.25, 0.3) is 11.7 Å². The molecule has 0 saturated heterocycles. The topological polar surface area (TPSA) is 127 Å². The van der Waals surface area contributed by atoms with Gasteiger partial charge in [0.15, 0.2) is 5.76 Å². The number of nitrogens with two attached hydrogens (primary N) is 1. The Hall–Kier alpha value is -2.68. The molecule has 0 bridgehead atoms. The van der Waals surface area contributed by atoms with Crippen molar-refractivity contribution in [3.63, 3.8) is 0 Å². The summed E-state index contributed by atoms with van der Waals surface area (Å²) in [6.45, 7) is 3.64. The minimum atomic E-state index is -0.850. The second-order valence-electron chi connectivity index (χ2n) is 4.92. The summed E-state index contributed by atoms with van der Waals surface area (Å²) >= 11 is 0. The highest BCUT2D eigenvalue weighted by Gasteiger charge is 2.15. The van der Waals surface area contributed by atoms with Crippen LogP contribution in [0.1, 0.15) is 25.7 Å². The van der Waals surface area contributed by atoms with Crippen LogP contribution in [0.5, 0.6) is 0 Å². The third-order valence-corrected chi connectivity index (χ3v) is 3.02. The number of carbonyl (C=O) groups excluding carboxylic acids is 2. The van der Waals surface area contributed by atoms with E-state index in [4.69, 9.17) is 14.6 Å². The molecular formula is C14H19N5O4. The number of urea groups is 1. The van der Waals surface area contributed by atoms with E-state index in [9.17, 15) is 9.59 Å². The van der Waals surface area contributed by atoms with E-state index in [1.54, 1.807) is 12.1 Å². The third-order valence-electron chi connectivity index (χ3n) is 3.02. The van der Waals surface area contributed by atoms with E-state index in [2.05, 4.69) is 10.2 Å². The molecule has 2 aromatic rings. The molecule has 9 nitrogen and oxygen atoms in total. The van der Waals surface area contributed by atoms with E-state index < -0.39 is 11.9 Å². The molecule has 23 heavy (non-hydrogen) atoms. The molecule has 0 radical (unpaired) electrons. The Morgan fingerprint density at radius 1 is 1.35 bits per heavy atom. The zero-order chi connectivity index (χ0) is 16.7. The summed E-state index contributed by atoms with van der Waals surface area (Å²) in [4.78, 5) is 24.1. The molecule has 0 saturated carbocycles. The molecule has 2 aromatic heterocycles. The van der Waals surface area contributed by atoms with Crippen molar-refractivity contribution in [3.8, 4) is 11.7 Å². The Labute approximate surface area is 132 Å². The van der Waals surface area contributed by atoms with E-state index in [0.717, 1.165) is 13.0 Å². The molecule has 2 rings (SSSR count). The van der Waals surface area contributed by atoms with Gasteiger partial charge in [-0.1, -0.05) is 6.92 Å². The Balaban J connectivity index is 1.91. The average molecular weight is 321 g/mol. The summed E-state index contributed by atoms with van der Waals surface area (Å²) in [5.74, 6) is 0.833. The van der Waals surface area contributed by atoms with Crippen LogP contribution in [0.2, 0.25) is 0 Å². The van der Waals surface area contributed by atoms with Crippen LogP contribution in [0.15, 0.2) is 27.2 Å². The fourth-order valence-corrected chi connectivity index (χ4v) is 2.05. The van der Waals surface area contributed by atoms with Gasteiger partial charge in [-0.15, -0.1) is 10.2 Å². The summed E-state index contributed by atoms with van der Waals surface area (Å²) in [5.41, 5.74) is 4.90. The minimum absolute atomic E-state index is 0.155. The van der Waals surface area contributed by atoms with E-state index in [0.29, 0.717) is 30.6 Å². The molecule has 0 aliphatic carbocycles. The lowest BCUT2D eigenvalue weighted by Crippen LogP contribution is -2.37. The molecule has 124 valence electrons. The average Bonchev–Trinajstić information content (AvgIpc) is 3.15. The fraction of sp³-hybridized carbons (Fsp3) is 0.429. The van der Waals surface area contributed by atoms with Crippen LogP contribution in [0, 0.1) is 0 Å². The first-order valence-electron chi connectivity index (χ1n) is 7.26. The van der Waals surface area contributed by atoms with Gasteiger partial charge in [0.05, 0.1) is 12.8 Å². The first kappa shape index (κ1) is 16.7. The summed E-state index contributed by atoms with van der Waals surface area (Å²) in [6.07, 6.45) is 2.58. The molecule has 0 atom stereocenters. The van der Waals surface area contributed by atoms with Crippen molar-refractivity contribution in [2.24, 2.45) is 5.73 Å². The number of furan rings is 1. The number of hydrogen-bond donors (Lipinski definition) is 2. The maximum Gasteiger partial charge on any atom is 0.318 e. The highest BCUT2D eigenvalue weighted by molar-refractivity contribution is 5.93. The van der Waals surface area contributed by atoms with E-state index in [-0.39, 0.29) is 6.42 Å². The van der Waals surface area contributed by atoms with Gasteiger partial charge in [-0.3, -0.25) is 15.0 Å². The van der Waals surface area contributed by atoms with Crippen LogP contribution < -0.4 is 11.1 Å². The van der Waals surface area contributed by atoms with Crippen molar-refractivity contribution in [2.45, 2.75) is 26.3 Å². The molecule has 0 aliphatic heterocycles. The number of nitrogens with zero attached hydrogens (tertiary/aromatic N) is 3. The normalized spacial score (nSPS) is 10.9. The van der Waals surface area contributed by atoms with Crippen LogP contribution in [0.4, 0.5) is 4.79 Å².